The lowest BCUT2D eigenvalue weighted by Gasteiger charge is -2.21. The van der Waals surface area contributed by atoms with Crippen molar-refractivity contribution in [2.75, 3.05) is 0 Å². The van der Waals surface area contributed by atoms with Crippen molar-refractivity contribution < 1.29 is 0 Å². The summed E-state index contributed by atoms with van der Waals surface area (Å²) < 4.78 is 4.35. The van der Waals surface area contributed by atoms with E-state index in [4.69, 9.17) is 0 Å². The van der Waals surface area contributed by atoms with Crippen LogP contribution in [0.15, 0.2) is 150 Å². The lowest BCUT2D eigenvalue weighted by atomic mass is 9.82. The van der Waals surface area contributed by atoms with Crippen molar-refractivity contribution in [2.45, 2.75) is 19.3 Å². The molecule has 0 N–H and O–H groups in total. The molecule has 0 unspecified atom stereocenters. The third kappa shape index (κ3) is 3.39. The van der Waals surface area contributed by atoms with Gasteiger partial charge in [-0.3, -0.25) is 9.20 Å². The Morgan fingerprint density at radius 2 is 1.12 bits per heavy atom. The molecule has 0 fully saturated rings. The lowest BCUT2D eigenvalue weighted by Crippen LogP contribution is -2.14. The standard InChI is InChI=1S/C46H30N2O/c1-46(2)39-19-7-5-14-31(39)36-25-38-32-15-6-8-20-41(32)47(43(38)26-40(36)46)29-12-9-11-27(23-29)28-21-22-42-37(24-28)34-18-10-17-33-30-13-3-4-16-35(30)45(49)48(42)44(33)34/h3-26H,1-2H3. The Balaban J connectivity index is 1.14. The van der Waals surface area contributed by atoms with Gasteiger partial charge in [0.25, 0.3) is 5.56 Å². The van der Waals surface area contributed by atoms with Gasteiger partial charge in [0, 0.05) is 43.4 Å². The molecular weight excluding hydrogens is 597 g/mol. The van der Waals surface area contributed by atoms with Crippen LogP contribution < -0.4 is 5.56 Å². The lowest BCUT2D eigenvalue weighted by molar-refractivity contribution is 0.661. The Labute approximate surface area is 282 Å². The summed E-state index contributed by atoms with van der Waals surface area (Å²) in [5, 5.41) is 7.59. The Hall–Kier alpha value is -6.19. The predicted molar refractivity (Wildman–Crippen MR) is 205 cm³/mol. The van der Waals surface area contributed by atoms with Crippen LogP contribution in [0.3, 0.4) is 0 Å². The monoisotopic (exact) mass is 626 g/mol. The number of hydrogen-bond acceptors (Lipinski definition) is 1. The van der Waals surface area contributed by atoms with E-state index >= 15 is 0 Å². The third-order valence-electron chi connectivity index (χ3n) is 11.3. The molecule has 230 valence electrons. The van der Waals surface area contributed by atoms with E-state index in [1.54, 1.807) is 0 Å². The van der Waals surface area contributed by atoms with E-state index in [1.165, 1.54) is 44.1 Å². The van der Waals surface area contributed by atoms with Gasteiger partial charge in [0.15, 0.2) is 0 Å². The number of aromatic nitrogens is 2. The maximum absolute atomic E-state index is 13.8. The van der Waals surface area contributed by atoms with Gasteiger partial charge in [-0.1, -0.05) is 111 Å². The topological polar surface area (TPSA) is 26.4 Å². The second-order valence-electron chi connectivity index (χ2n) is 14.1. The Kier molecular flexibility index (Phi) is 5.06. The second-order valence-corrected chi connectivity index (χ2v) is 14.1. The van der Waals surface area contributed by atoms with Gasteiger partial charge in [-0.25, -0.2) is 0 Å². The molecule has 0 saturated heterocycles. The van der Waals surface area contributed by atoms with E-state index in [0.717, 1.165) is 54.8 Å². The largest absolute Gasteiger partial charge is 0.309 e. The minimum atomic E-state index is -0.0814. The molecule has 3 heteroatoms. The summed E-state index contributed by atoms with van der Waals surface area (Å²) in [6.07, 6.45) is 0. The molecule has 0 aliphatic heterocycles. The van der Waals surface area contributed by atoms with Crippen LogP contribution in [0.4, 0.5) is 0 Å². The van der Waals surface area contributed by atoms with E-state index in [9.17, 15) is 4.79 Å². The first-order chi connectivity index (χ1) is 24.0. The van der Waals surface area contributed by atoms with Crippen LogP contribution >= 0.6 is 0 Å². The molecule has 1 aliphatic carbocycles. The van der Waals surface area contributed by atoms with Crippen molar-refractivity contribution >= 4 is 59.8 Å². The summed E-state index contributed by atoms with van der Waals surface area (Å²) in [4.78, 5) is 13.8. The summed E-state index contributed by atoms with van der Waals surface area (Å²) in [5.41, 5.74) is 13.2. The fourth-order valence-corrected chi connectivity index (χ4v) is 8.97. The van der Waals surface area contributed by atoms with Crippen molar-refractivity contribution in [1.82, 2.24) is 8.97 Å². The Bertz CT molecular complexity index is 3100. The van der Waals surface area contributed by atoms with Crippen LogP contribution in [0.2, 0.25) is 0 Å². The van der Waals surface area contributed by atoms with Crippen LogP contribution in [-0.2, 0) is 5.41 Å². The molecule has 7 aromatic carbocycles. The summed E-state index contributed by atoms with van der Waals surface area (Å²) in [6.45, 7) is 4.70. The molecular formula is C46H30N2O. The summed E-state index contributed by atoms with van der Waals surface area (Å²) in [7, 11) is 0. The highest BCUT2D eigenvalue weighted by atomic mass is 16.1. The maximum atomic E-state index is 13.8. The highest BCUT2D eigenvalue weighted by Crippen LogP contribution is 2.51. The zero-order chi connectivity index (χ0) is 32.6. The van der Waals surface area contributed by atoms with E-state index in [2.05, 4.69) is 146 Å². The molecule has 49 heavy (non-hydrogen) atoms. The highest BCUT2D eigenvalue weighted by molar-refractivity contribution is 6.20. The van der Waals surface area contributed by atoms with Gasteiger partial charge in [-0.05, 0) is 87.3 Å². The molecule has 0 amide bonds. The maximum Gasteiger partial charge on any atom is 0.263 e. The minimum absolute atomic E-state index is 0.0353. The van der Waals surface area contributed by atoms with Crippen molar-refractivity contribution in [1.29, 1.82) is 0 Å². The number of pyridine rings is 1. The predicted octanol–water partition coefficient (Wildman–Crippen LogP) is 11.3. The van der Waals surface area contributed by atoms with Gasteiger partial charge in [0.2, 0.25) is 0 Å². The second kappa shape index (κ2) is 9.24. The Morgan fingerprint density at radius 3 is 2.00 bits per heavy atom. The van der Waals surface area contributed by atoms with E-state index < -0.39 is 0 Å². The zero-order valence-electron chi connectivity index (χ0n) is 27.2. The summed E-state index contributed by atoms with van der Waals surface area (Å²) >= 11 is 0. The van der Waals surface area contributed by atoms with E-state index in [0.29, 0.717) is 0 Å². The van der Waals surface area contributed by atoms with Crippen LogP contribution in [0, 0.1) is 0 Å². The molecule has 3 aromatic heterocycles. The molecule has 1 aliphatic rings. The van der Waals surface area contributed by atoms with Gasteiger partial charge < -0.3 is 4.57 Å². The number of hydrogen-bond donors (Lipinski definition) is 0. The average Bonchev–Trinajstić information content (AvgIpc) is 3.73. The molecule has 3 nitrogen and oxygen atoms in total. The molecule has 10 aromatic rings. The zero-order valence-corrected chi connectivity index (χ0v) is 27.2. The molecule has 11 rings (SSSR count). The van der Waals surface area contributed by atoms with Crippen LogP contribution in [0.25, 0.3) is 87.7 Å². The molecule has 0 radical (unpaired) electrons. The van der Waals surface area contributed by atoms with Gasteiger partial charge in [-0.2, -0.15) is 0 Å². The van der Waals surface area contributed by atoms with Crippen LogP contribution in [0.5, 0.6) is 0 Å². The normalized spacial score (nSPS) is 13.8. The molecule has 0 atom stereocenters. The number of rotatable bonds is 2. The van der Waals surface area contributed by atoms with Gasteiger partial charge in [0.1, 0.15) is 0 Å². The van der Waals surface area contributed by atoms with Gasteiger partial charge in [-0.15, -0.1) is 0 Å². The van der Waals surface area contributed by atoms with Gasteiger partial charge >= 0.3 is 0 Å². The van der Waals surface area contributed by atoms with Gasteiger partial charge in [0.05, 0.1) is 22.1 Å². The van der Waals surface area contributed by atoms with Crippen molar-refractivity contribution in [3.05, 3.63) is 167 Å². The highest BCUT2D eigenvalue weighted by Gasteiger charge is 2.36. The van der Waals surface area contributed by atoms with Crippen LogP contribution in [-0.4, -0.2) is 8.97 Å². The number of fused-ring (bicyclic) bond motifs is 11. The third-order valence-corrected chi connectivity index (χ3v) is 11.3. The molecule has 3 heterocycles. The quantitative estimate of drug-likeness (QED) is 0.175. The van der Waals surface area contributed by atoms with Crippen molar-refractivity contribution in [2.24, 2.45) is 0 Å². The SMILES string of the molecule is CC1(C)c2ccccc2-c2cc3c4ccccc4n(-c4cccc(-c5ccc6c(c5)c5cccc7c8ccccc8c(=O)n6c75)c4)c3cc21. The first-order valence-corrected chi connectivity index (χ1v) is 17.0. The summed E-state index contributed by atoms with van der Waals surface area (Å²) in [6, 6.07) is 52.3. The fraction of sp³-hybridized carbons (Fsp3) is 0.0652. The van der Waals surface area contributed by atoms with Crippen molar-refractivity contribution in [3.8, 4) is 27.9 Å². The molecule has 0 spiro atoms. The van der Waals surface area contributed by atoms with E-state index in [1.807, 2.05) is 22.6 Å². The minimum Gasteiger partial charge on any atom is -0.309 e. The van der Waals surface area contributed by atoms with Crippen molar-refractivity contribution in [3.63, 3.8) is 0 Å². The van der Waals surface area contributed by atoms with Crippen LogP contribution in [0.1, 0.15) is 25.0 Å². The first-order valence-electron chi connectivity index (χ1n) is 17.0. The molecule has 0 saturated carbocycles. The van der Waals surface area contributed by atoms with E-state index in [-0.39, 0.29) is 11.0 Å². The smallest absolute Gasteiger partial charge is 0.263 e. The number of nitrogens with zero attached hydrogens (tertiary/aromatic N) is 2. The Morgan fingerprint density at radius 1 is 0.449 bits per heavy atom. The summed E-state index contributed by atoms with van der Waals surface area (Å²) in [5.74, 6) is 0. The average molecular weight is 627 g/mol. The fourth-order valence-electron chi connectivity index (χ4n) is 8.97. The molecule has 0 bridgehead atoms. The number of para-hydroxylation sites is 2. The first kappa shape index (κ1) is 26.8. The number of benzene rings is 7.